The Morgan fingerprint density at radius 1 is 1.11 bits per heavy atom. The van der Waals surface area contributed by atoms with Gasteiger partial charge in [0.1, 0.15) is 36.6 Å². The highest BCUT2D eigenvalue weighted by Crippen LogP contribution is 2.31. The van der Waals surface area contributed by atoms with Crippen molar-refractivity contribution in [1.29, 1.82) is 0 Å². The highest BCUT2D eigenvalue weighted by Gasteiger charge is 2.36. The fraction of sp³-hybridized carbons (Fsp3) is 0.444. The van der Waals surface area contributed by atoms with Gasteiger partial charge in [-0.3, -0.25) is 24.6 Å². The van der Waals surface area contributed by atoms with Crippen LogP contribution in [-0.2, 0) is 30.3 Å². The summed E-state index contributed by atoms with van der Waals surface area (Å²) >= 11 is 0. The summed E-state index contributed by atoms with van der Waals surface area (Å²) in [4.78, 5) is 40.3. The Bertz CT molecular complexity index is 1020. The molecule has 188 valence electrons. The minimum atomic E-state index is -0.866. The quantitative estimate of drug-likeness (QED) is 0.548. The molecule has 2 atom stereocenters. The smallest absolute Gasteiger partial charge is 0.326 e. The van der Waals surface area contributed by atoms with E-state index in [0.717, 1.165) is 5.56 Å². The summed E-state index contributed by atoms with van der Waals surface area (Å²) in [5.74, 6) is -0.871. The molecular weight excluding hydrogens is 448 g/mol. The van der Waals surface area contributed by atoms with Gasteiger partial charge in [-0.15, -0.1) is 0 Å². The molecule has 1 aliphatic heterocycles. The maximum Gasteiger partial charge on any atom is 0.326 e. The topological polar surface area (TPSA) is 94.2 Å². The van der Waals surface area contributed by atoms with E-state index in [2.05, 4.69) is 5.32 Å². The average Bonchev–Trinajstić information content (AvgIpc) is 2.93. The molecule has 1 heterocycles. The maximum atomic E-state index is 13.6. The Morgan fingerprint density at radius 3 is 2.49 bits per heavy atom. The van der Waals surface area contributed by atoms with E-state index in [1.165, 1.54) is 4.90 Å². The molecule has 8 heteroatoms. The standard InChI is InChI=1S/C27H34N2O6/c1-5-33-26(32)20(16-15-19-11-7-6-8-12-19)28-21-18-34-23-14-10-9-13-22(23)29(25(21)31)17-24(30)35-27(2,3)4/h6-14,20-21,28H,5,15-18H2,1-4H3/t20-,21+/m1/s1. The van der Waals surface area contributed by atoms with Crippen LogP contribution in [0.5, 0.6) is 5.75 Å². The molecule has 1 aliphatic rings. The van der Waals surface area contributed by atoms with Crippen LogP contribution in [0.15, 0.2) is 54.6 Å². The minimum Gasteiger partial charge on any atom is -0.489 e. The molecule has 0 spiro atoms. The van der Waals surface area contributed by atoms with Gasteiger partial charge in [0.2, 0.25) is 5.91 Å². The molecule has 0 fully saturated rings. The van der Waals surface area contributed by atoms with E-state index in [1.807, 2.05) is 30.3 Å². The van der Waals surface area contributed by atoms with Crippen LogP contribution in [0.3, 0.4) is 0 Å². The van der Waals surface area contributed by atoms with Gasteiger partial charge in [0, 0.05) is 0 Å². The predicted octanol–water partition coefficient (Wildman–Crippen LogP) is 3.28. The van der Waals surface area contributed by atoms with Crippen molar-refractivity contribution in [2.45, 2.75) is 58.2 Å². The lowest BCUT2D eigenvalue weighted by molar-refractivity contribution is -0.154. The number of carbonyl (C=O) groups is 3. The molecule has 0 unspecified atom stereocenters. The molecule has 3 rings (SSSR count). The Balaban J connectivity index is 1.81. The Kier molecular flexibility index (Phi) is 8.87. The van der Waals surface area contributed by atoms with Crippen LogP contribution in [-0.4, -0.2) is 55.3 Å². The highest BCUT2D eigenvalue weighted by atomic mass is 16.6. The molecule has 8 nitrogen and oxygen atoms in total. The molecule has 2 aromatic carbocycles. The highest BCUT2D eigenvalue weighted by molar-refractivity contribution is 6.02. The minimum absolute atomic E-state index is 0.00189. The van der Waals surface area contributed by atoms with Gasteiger partial charge in [-0.05, 0) is 58.2 Å². The molecule has 0 saturated heterocycles. The molecule has 0 bridgehead atoms. The lowest BCUT2D eigenvalue weighted by Crippen LogP contribution is -2.55. The lowest BCUT2D eigenvalue weighted by atomic mass is 10.0. The van der Waals surface area contributed by atoms with E-state index in [4.69, 9.17) is 14.2 Å². The number of ether oxygens (including phenoxy) is 3. The number of hydrogen-bond acceptors (Lipinski definition) is 7. The van der Waals surface area contributed by atoms with Crippen molar-refractivity contribution in [3.05, 3.63) is 60.2 Å². The Hall–Kier alpha value is -3.39. The normalized spacial score (nSPS) is 16.5. The van der Waals surface area contributed by atoms with E-state index in [9.17, 15) is 14.4 Å². The molecule has 35 heavy (non-hydrogen) atoms. The summed E-state index contributed by atoms with van der Waals surface area (Å²) in [5, 5.41) is 3.14. The van der Waals surface area contributed by atoms with Gasteiger partial charge in [-0.25, -0.2) is 0 Å². The van der Waals surface area contributed by atoms with E-state index >= 15 is 0 Å². The number of hydrogen-bond donors (Lipinski definition) is 1. The van der Waals surface area contributed by atoms with Crippen LogP contribution in [0.25, 0.3) is 0 Å². The SMILES string of the molecule is CCOC(=O)[C@@H](CCc1ccccc1)N[C@H]1COc2ccccc2N(CC(=O)OC(C)(C)C)C1=O. The lowest BCUT2D eigenvalue weighted by Gasteiger charge is -2.28. The number of aryl methyl sites for hydroxylation is 1. The number of esters is 2. The zero-order valence-corrected chi connectivity index (χ0v) is 20.8. The number of carbonyl (C=O) groups excluding carboxylic acids is 3. The Labute approximate surface area is 206 Å². The third-order valence-electron chi connectivity index (χ3n) is 5.37. The van der Waals surface area contributed by atoms with Crippen molar-refractivity contribution >= 4 is 23.5 Å². The fourth-order valence-corrected chi connectivity index (χ4v) is 3.85. The largest absolute Gasteiger partial charge is 0.489 e. The summed E-state index contributed by atoms with van der Waals surface area (Å²) in [6.07, 6.45) is 1.06. The zero-order valence-electron chi connectivity index (χ0n) is 20.8. The second-order valence-electron chi connectivity index (χ2n) is 9.34. The van der Waals surface area contributed by atoms with Crippen LogP contribution in [0.2, 0.25) is 0 Å². The van der Waals surface area contributed by atoms with Crippen molar-refractivity contribution in [3.63, 3.8) is 0 Å². The van der Waals surface area contributed by atoms with Gasteiger partial charge in [-0.1, -0.05) is 42.5 Å². The third-order valence-corrected chi connectivity index (χ3v) is 5.37. The molecule has 0 aromatic heterocycles. The van der Waals surface area contributed by atoms with Gasteiger partial charge in [-0.2, -0.15) is 0 Å². The van der Waals surface area contributed by atoms with E-state index in [1.54, 1.807) is 52.0 Å². The average molecular weight is 483 g/mol. The first-order valence-electron chi connectivity index (χ1n) is 11.9. The summed E-state index contributed by atoms with van der Waals surface area (Å²) in [6.45, 7) is 7.01. The first-order valence-corrected chi connectivity index (χ1v) is 11.9. The predicted molar refractivity (Wildman–Crippen MR) is 132 cm³/mol. The number of rotatable bonds is 9. The van der Waals surface area contributed by atoms with E-state index in [0.29, 0.717) is 24.3 Å². The molecular formula is C27H34N2O6. The van der Waals surface area contributed by atoms with Crippen LogP contribution in [0.4, 0.5) is 5.69 Å². The van der Waals surface area contributed by atoms with Gasteiger partial charge in [0.05, 0.1) is 12.3 Å². The summed E-state index contributed by atoms with van der Waals surface area (Å²) in [6, 6.07) is 15.2. The summed E-state index contributed by atoms with van der Waals surface area (Å²) in [5.41, 5.74) is 0.863. The molecule has 0 saturated carbocycles. The summed E-state index contributed by atoms with van der Waals surface area (Å²) < 4.78 is 16.6. The second-order valence-corrected chi connectivity index (χ2v) is 9.34. The molecule has 0 aliphatic carbocycles. The molecule has 2 aromatic rings. The maximum absolute atomic E-state index is 13.6. The summed E-state index contributed by atoms with van der Waals surface area (Å²) in [7, 11) is 0. The number of benzene rings is 2. The Morgan fingerprint density at radius 2 is 1.80 bits per heavy atom. The molecule has 1 N–H and O–H groups in total. The fourth-order valence-electron chi connectivity index (χ4n) is 3.85. The second kappa shape index (κ2) is 11.8. The molecule has 0 radical (unpaired) electrons. The third kappa shape index (κ3) is 7.55. The number of amides is 1. The van der Waals surface area contributed by atoms with Crippen LogP contribution in [0.1, 0.15) is 39.7 Å². The van der Waals surface area contributed by atoms with Crippen molar-refractivity contribution in [2.24, 2.45) is 0 Å². The van der Waals surface area contributed by atoms with Gasteiger partial charge in [0.15, 0.2) is 0 Å². The zero-order chi connectivity index (χ0) is 25.4. The van der Waals surface area contributed by atoms with Crippen molar-refractivity contribution < 1.29 is 28.6 Å². The first kappa shape index (κ1) is 26.2. The van der Waals surface area contributed by atoms with E-state index in [-0.39, 0.29) is 25.7 Å². The van der Waals surface area contributed by atoms with Crippen molar-refractivity contribution in [1.82, 2.24) is 5.32 Å². The van der Waals surface area contributed by atoms with E-state index < -0.39 is 29.6 Å². The van der Waals surface area contributed by atoms with Crippen molar-refractivity contribution in [2.75, 3.05) is 24.7 Å². The van der Waals surface area contributed by atoms with Crippen LogP contribution in [0, 0.1) is 0 Å². The van der Waals surface area contributed by atoms with Crippen molar-refractivity contribution in [3.8, 4) is 5.75 Å². The van der Waals surface area contributed by atoms with Gasteiger partial charge < -0.3 is 14.2 Å². The number of para-hydroxylation sites is 2. The number of nitrogens with zero attached hydrogens (tertiary/aromatic N) is 1. The number of nitrogens with one attached hydrogen (secondary N) is 1. The van der Waals surface area contributed by atoms with Gasteiger partial charge >= 0.3 is 11.9 Å². The van der Waals surface area contributed by atoms with Gasteiger partial charge in [0.25, 0.3) is 0 Å². The van der Waals surface area contributed by atoms with Crippen LogP contribution < -0.4 is 15.0 Å². The number of fused-ring (bicyclic) bond motifs is 1. The van der Waals surface area contributed by atoms with Crippen LogP contribution >= 0.6 is 0 Å². The number of anilines is 1. The first-order chi connectivity index (χ1) is 16.7. The molecule has 1 amide bonds. The monoisotopic (exact) mass is 482 g/mol.